The number of hydrogen-bond acceptors (Lipinski definition) is 3. The fourth-order valence-corrected chi connectivity index (χ4v) is 2.25. The van der Waals surface area contributed by atoms with Crippen LogP contribution in [0.25, 0.3) is 0 Å². The van der Waals surface area contributed by atoms with Gasteiger partial charge in [0.15, 0.2) is 0 Å². The highest BCUT2D eigenvalue weighted by Crippen LogP contribution is 2.09. The second-order valence-corrected chi connectivity index (χ2v) is 5.25. The highest BCUT2D eigenvalue weighted by molar-refractivity contribution is 5.96. The number of ether oxygens (including phenoxy) is 1. The Labute approximate surface area is 134 Å². The molecule has 4 nitrogen and oxygen atoms in total. The van der Waals surface area contributed by atoms with E-state index in [0.717, 1.165) is 11.1 Å². The summed E-state index contributed by atoms with van der Waals surface area (Å²) in [7, 11) is 1.27. The van der Waals surface area contributed by atoms with Crippen LogP contribution in [-0.2, 0) is 16.0 Å². The van der Waals surface area contributed by atoms with Gasteiger partial charge < -0.3 is 10.1 Å². The Balaban J connectivity index is 2.13. The van der Waals surface area contributed by atoms with Crippen molar-refractivity contribution < 1.29 is 18.7 Å². The van der Waals surface area contributed by atoms with Crippen LogP contribution in [0.3, 0.4) is 0 Å². The number of aryl methyl sites for hydroxylation is 1. The number of methoxy groups -OCH3 is 1. The lowest BCUT2D eigenvalue weighted by Gasteiger charge is -2.17. The zero-order valence-corrected chi connectivity index (χ0v) is 13.0. The molecule has 2 aromatic rings. The van der Waals surface area contributed by atoms with E-state index >= 15 is 0 Å². The second-order valence-electron chi connectivity index (χ2n) is 5.25. The average molecular weight is 315 g/mol. The van der Waals surface area contributed by atoms with E-state index in [1.54, 1.807) is 0 Å². The fourth-order valence-electron chi connectivity index (χ4n) is 2.25. The minimum atomic E-state index is -0.806. The van der Waals surface area contributed by atoms with Gasteiger partial charge in [0.2, 0.25) is 0 Å². The molecule has 0 aliphatic carbocycles. The van der Waals surface area contributed by atoms with Crippen LogP contribution in [0.2, 0.25) is 0 Å². The number of carbonyl (C=O) groups is 2. The molecule has 23 heavy (non-hydrogen) atoms. The molecular weight excluding hydrogens is 297 g/mol. The van der Waals surface area contributed by atoms with Crippen molar-refractivity contribution in [1.29, 1.82) is 0 Å². The molecule has 2 rings (SSSR count). The summed E-state index contributed by atoms with van der Waals surface area (Å²) in [6.45, 7) is 1.95. The topological polar surface area (TPSA) is 55.4 Å². The first-order valence-corrected chi connectivity index (χ1v) is 7.19. The van der Waals surface area contributed by atoms with Crippen LogP contribution in [0.1, 0.15) is 21.5 Å². The number of rotatable bonds is 5. The maximum atomic E-state index is 12.9. The number of nitrogens with one attached hydrogen (secondary N) is 1. The number of carbonyl (C=O) groups excluding carboxylic acids is 2. The van der Waals surface area contributed by atoms with Gasteiger partial charge in [-0.05, 0) is 36.8 Å². The Morgan fingerprint density at radius 1 is 1.17 bits per heavy atom. The van der Waals surface area contributed by atoms with Crippen molar-refractivity contribution in [1.82, 2.24) is 5.32 Å². The summed E-state index contributed by atoms with van der Waals surface area (Å²) in [5, 5.41) is 2.64. The summed E-state index contributed by atoms with van der Waals surface area (Å²) in [6.07, 6.45) is 0.321. The molecule has 0 heterocycles. The van der Waals surface area contributed by atoms with Crippen LogP contribution in [0, 0.1) is 12.7 Å². The number of esters is 1. The van der Waals surface area contributed by atoms with Gasteiger partial charge in [-0.3, -0.25) is 4.79 Å². The van der Waals surface area contributed by atoms with E-state index in [1.165, 1.54) is 31.4 Å². The molecule has 0 saturated carbocycles. The van der Waals surface area contributed by atoms with Crippen molar-refractivity contribution in [2.24, 2.45) is 0 Å². The molecule has 1 amide bonds. The lowest BCUT2D eigenvalue weighted by atomic mass is 10.0. The molecule has 5 heteroatoms. The first-order chi connectivity index (χ1) is 11.0. The highest BCUT2D eigenvalue weighted by Gasteiger charge is 2.22. The molecule has 0 spiro atoms. The maximum absolute atomic E-state index is 12.9. The van der Waals surface area contributed by atoms with Crippen molar-refractivity contribution in [3.63, 3.8) is 0 Å². The largest absolute Gasteiger partial charge is 0.467 e. The molecule has 0 bridgehead atoms. The summed E-state index contributed by atoms with van der Waals surface area (Å²) in [6, 6.07) is 12.0. The summed E-state index contributed by atoms with van der Waals surface area (Å²) < 4.78 is 17.7. The molecule has 0 saturated heterocycles. The third-order valence-electron chi connectivity index (χ3n) is 3.42. The first-order valence-electron chi connectivity index (χ1n) is 7.19. The summed E-state index contributed by atoms with van der Waals surface area (Å²) in [5.41, 5.74) is 2.26. The molecule has 0 radical (unpaired) electrons. The van der Waals surface area contributed by atoms with Gasteiger partial charge in [-0.15, -0.1) is 0 Å². The Kier molecular flexibility index (Phi) is 5.46. The van der Waals surface area contributed by atoms with Crippen LogP contribution < -0.4 is 5.32 Å². The number of halogens is 1. The zero-order chi connectivity index (χ0) is 16.8. The summed E-state index contributed by atoms with van der Waals surface area (Å²) in [5.74, 6) is -1.40. The molecule has 1 N–H and O–H groups in total. The Morgan fingerprint density at radius 3 is 2.48 bits per heavy atom. The third kappa shape index (κ3) is 4.64. The van der Waals surface area contributed by atoms with E-state index in [2.05, 4.69) is 5.32 Å². The molecule has 2 aromatic carbocycles. The monoisotopic (exact) mass is 315 g/mol. The SMILES string of the molecule is COC(=O)[C@H](Cc1cccc(C)c1)NC(=O)c1ccc(F)cc1. The van der Waals surface area contributed by atoms with Crippen molar-refractivity contribution in [3.05, 3.63) is 71.0 Å². The van der Waals surface area contributed by atoms with Gasteiger partial charge in [0.25, 0.3) is 5.91 Å². The van der Waals surface area contributed by atoms with Crippen molar-refractivity contribution >= 4 is 11.9 Å². The number of benzene rings is 2. The van der Waals surface area contributed by atoms with Gasteiger partial charge >= 0.3 is 5.97 Å². The first kappa shape index (κ1) is 16.7. The molecule has 0 fully saturated rings. The number of hydrogen-bond donors (Lipinski definition) is 1. The van der Waals surface area contributed by atoms with Crippen molar-refractivity contribution in [2.45, 2.75) is 19.4 Å². The second kappa shape index (κ2) is 7.54. The summed E-state index contributed by atoms with van der Waals surface area (Å²) >= 11 is 0. The van der Waals surface area contributed by atoms with Crippen LogP contribution in [0.15, 0.2) is 48.5 Å². The fraction of sp³-hybridized carbons (Fsp3) is 0.222. The quantitative estimate of drug-likeness (QED) is 0.863. The molecule has 1 atom stereocenters. The maximum Gasteiger partial charge on any atom is 0.328 e. The molecule has 0 aliphatic rings. The van der Waals surface area contributed by atoms with Gasteiger partial charge in [-0.2, -0.15) is 0 Å². The van der Waals surface area contributed by atoms with E-state index in [0.29, 0.717) is 6.42 Å². The van der Waals surface area contributed by atoms with E-state index < -0.39 is 23.7 Å². The van der Waals surface area contributed by atoms with Gasteiger partial charge in [0.05, 0.1) is 7.11 Å². The summed E-state index contributed by atoms with van der Waals surface area (Å²) in [4.78, 5) is 24.1. The van der Waals surface area contributed by atoms with Gasteiger partial charge in [-0.25, -0.2) is 9.18 Å². The minimum absolute atomic E-state index is 0.282. The smallest absolute Gasteiger partial charge is 0.328 e. The van der Waals surface area contributed by atoms with E-state index in [4.69, 9.17) is 4.74 Å². The van der Waals surface area contributed by atoms with Gasteiger partial charge in [0, 0.05) is 12.0 Å². The zero-order valence-electron chi connectivity index (χ0n) is 13.0. The Morgan fingerprint density at radius 2 is 1.87 bits per heavy atom. The number of amides is 1. The lowest BCUT2D eigenvalue weighted by Crippen LogP contribution is -2.43. The van der Waals surface area contributed by atoms with Gasteiger partial charge in [0.1, 0.15) is 11.9 Å². The third-order valence-corrected chi connectivity index (χ3v) is 3.42. The van der Waals surface area contributed by atoms with Crippen molar-refractivity contribution in [2.75, 3.05) is 7.11 Å². The van der Waals surface area contributed by atoms with Gasteiger partial charge in [-0.1, -0.05) is 29.8 Å². The van der Waals surface area contributed by atoms with Crippen LogP contribution in [-0.4, -0.2) is 25.0 Å². The van der Waals surface area contributed by atoms with Crippen LogP contribution in [0.4, 0.5) is 4.39 Å². The normalized spacial score (nSPS) is 11.6. The molecule has 120 valence electrons. The van der Waals surface area contributed by atoms with E-state index in [9.17, 15) is 14.0 Å². The Bertz CT molecular complexity index is 698. The van der Waals surface area contributed by atoms with Crippen LogP contribution >= 0.6 is 0 Å². The predicted molar refractivity (Wildman–Crippen MR) is 84.6 cm³/mol. The predicted octanol–water partition coefficient (Wildman–Crippen LogP) is 2.65. The molecule has 0 aromatic heterocycles. The average Bonchev–Trinajstić information content (AvgIpc) is 2.54. The van der Waals surface area contributed by atoms with E-state index in [1.807, 2.05) is 31.2 Å². The molecule has 0 unspecified atom stereocenters. The standard InChI is InChI=1S/C18H18FNO3/c1-12-4-3-5-13(10-12)11-16(18(22)23-2)20-17(21)14-6-8-15(19)9-7-14/h3-10,16H,11H2,1-2H3,(H,20,21)/t16-/m0/s1. The molecular formula is C18H18FNO3. The Hall–Kier alpha value is -2.69. The molecule has 0 aliphatic heterocycles. The lowest BCUT2D eigenvalue weighted by molar-refractivity contribution is -0.142. The van der Waals surface area contributed by atoms with E-state index in [-0.39, 0.29) is 5.56 Å². The highest BCUT2D eigenvalue weighted by atomic mass is 19.1. The van der Waals surface area contributed by atoms with Crippen molar-refractivity contribution in [3.8, 4) is 0 Å². The van der Waals surface area contributed by atoms with Crippen LogP contribution in [0.5, 0.6) is 0 Å². The minimum Gasteiger partial charge on any atom is -0.467 e.